The lowest BCUT2D eigenvalue weighted by Crippen LogP contribution is -2.33. The van der Waals surface area contributed by atoms with E-state index in [1.165, 1.54) is 11.9 Å². The molecule has 0 radical (unpaired) electrons. The van der Waals surface area contributed by atoms with Crippen molar-refractivity contribution in [2.75, 3.05) is 18.9 Å². The Morgan fingerprint density at radius 3 is 2.81 bits per heavy atom. The zero-order chi connectivity index (χ0) is 12.1. The smallest absolute Gasteiger partial charge is 0.322 e. The van der Waals surface area contributed by atoms with E-state index in [9.17, 15) is 9.59 Å². The van der Waals surface area contributed by atoms with Gasteiger partial charge in [0.25, 0.3) is 0 Å². The number of anilines is 1. The topological polar surface area (TPSA) is 87.5 Å². The molecule has 7 nitrogen and oxygen atoms in total. The molecule has 0 spiro atoms. The Hall–Kier alpha value is -2.05. The van der Waals surface area contributed by atoms with Gasteiger partial charge in [-0.25, -0.2) is 4.79 Å². The van der Waals surface area contributed by atoms with Crippen LogP contribution in [0.5, 0.6) is 0 Å². The molecular weight excluding hydrogens is 212 g/mol. The standard InChI is InChI=1S/C9H14N4O3/c1-12(5-4-8(14)15)9(16)10-7-3-6-13(2)11-7/h3,6H,4-5H2,1-2H3,(H,14,15)(H,10,11,16). The second kappa shape index (κ2) is 5.15. The van der Waals surface area contributed by atoms with Crippen molar-refractivity contribution in [1.29, 1.82) is 0 Å². The number of carbonyl (C=O) groups excluding carboxylic acids is 1. The molecular formula is C9H14N4O3. The van der Waals surface area contributed by atoms with Gasteiger partial charge in [0.2, 0.25) is 0 Å². The van der Waals surface area contributed by atoms with Gasteiger partial charge in [-0.1, -0.05) is 0 Å². The average Bonchev–Trinajstić information content (AvgIpc) is 2.60. The summed E-state index contributed by atoms with van der Waals surface area (Å²) in [7, 11) is 3.27. The number of aromatic nitrogens is 2. The minimum Gasteiger partial charge on any atom is -0.481 e. The molecule has 1 aromatic rings. The molecule has 0 aromatic carbocycles. The van der Waals surface area contributed by atoms with Gasteiger partial charge in [-0.3, -0.25) is 14.8 Å². The van der Waals surface area contributed by atoms with Crippen LogP contribution in [0.25, 0.3) is 0 Å². The molecule has 7 heteroatoms. The monoisotopic (exact) mass is 226 g/mol. The van der Waals surface area contributed by atoms with E-state index in [4.69, 9.17) is 5.11 Å². The first-order valence-corrected chi connectivity index (χ1v) is 4.72. The zero-order valence-corrected chi connectivity index (χ0v) is 9.17. The summed E-state index contributed by atoms with van der Waals surface area (Å²) in [6, 6.07) is 1.28. The number of aryl methyl sites for hydroxylation is 1. The number of hydrogen-bond donors (Lipinski definition) is 2. The molecule has 0 saturated heterocycles. The fourth-order valence-corrected chi connectivity index (χ4v) is 1.05. The van der Waals surface area contributed by atoms with Crippen LogP contribution >= 0.6 is 0 Å². The molecule has 0 saturated carbocycles. The van der Waals surface area contributed by atoms with Gasteiger partial charge in [0, 0.05) is 32.9 Å². The van der Waals surface area contributed by atoms with Gasteiger partial charge in [-0.05, 0) is 0 Å². The molecule has 0 atom stereocenters. The number of carboxylic acid groups (broad SMARTS) is 1. The van der Waals surface area contributed by atoms with E-state index in [2.05, 4.69) is 10.4 Å². The third-order valence-corrected chi connectivity index (χ3v) is 1.96. The van der Waals surface area contributed by atoms with Crippen LogP contribution in [0, 0.1) is 0 Å². The summed E-state index contributed by atoms with van der Waals surface area (Å²) < 4.78 is 1.56. The SMILES string of the molecule is CN(CCC(=O)O)C(=O)Nc1ccn(C)n1. The Morgan fingerprint density at radius 1 is 1.62 bits per heavy atom. The van der Waals surface area contributed by atoms with Crippen molar-refractivity contribution in [3.05, 3.63) is 12.3 Å². The quantitative estimate of drug-likeness (QED) is 0.775. The summed E-state index contributed by atoms with van der Waals surface area (Å²) in [4.78, 5) is 23.1. The molecule has 1 rings (SSSR count). The van der Waals surface area contributed by atoms with Crippen molar-refractivity contribution in [2.24, 2.45) is 7.05 Å². The summed E-state index contributed by atoms with van der Waals surface area (Å²) in [6.45, 7) is 0.161. The average molecular weight is 226 g/mol. The normalized spacial score (nSPS) is 9.88. The number of rotatable bonds is 4. The molecule has 1 heterocycles. The van der Waals surface area contributed by atoms with Crippen LogP contribution in [-0.2, 0) is 11.8 Å². The second-order valence-electron chi connectivity index (χ2n) is 3.37. The second-order valence-corrected chi connectivity index (χ2v) is 3.37. The molecule has 0 aliphatic heterocycles. The van der Waals surface area contributed by atoms with Crippen LogP contribution in [0.15, 0.2) is 12.3 Å². The minimum absolute atomic E-state index is 0.0772. The lowest BCUT2D eigenvalue weighted by molar-refractivity contribution is -0.137. The summed E-state index contributed by atoms with van der Waals surface area (Å²) in [5.74, 6) is -0.493. The number of carbonyl (C=O) groups is 2. The van der Waals surface area contributed by atoms with Crippen molar-refractivity contribution in [1.82, 2.24) is 14.7 Å². The van der Waals surface area contributed by atoms with Crippen LogP contribution in [0.1, 0.15) is 6.42 Å². The first-order chi connectivity index (χ1) is 7.49. The molecule has 1 aromatic heterocycles. The van der Waals surface area contributed by atoms with Crippen LogP contribution in [0.2, 0.25) is 0 Å². The summed E-state index contributed by atoms with van der Waals surface area (Å²) in [5, 5.41) is 15.0. The van der Waals surface area contributed by atoms with Crippen LogP contribution in [0.3, 0.4) is 0 Å². The molecule has 0 bridgehead atoms. The molecule has 2 N–H and O–H groups in total. The molecule has 0 aliphatic carbocycles. The predicted molar refractivity (Wildman–Crippen MR) is 57.1 cm³/mol. The maximum atomic E-state index is 11.5. The predicted octanol–water partition coefficient (Wildman–Crippen LogP) is 0.358. The fraction of sp³-hybridized carbons (Fsp3) is 0.444. The van der Waals surface area contributed by atoms with Crippen molar-refractivity contribution in [2.45, 2.75) is 6.42 Å². The summed E-state index contributed by atoms with van der Waals surface area (Å²) in [5.41, 5.74) is 0. The Morgan fingerprint density at radius 2 is 2.31 bits per heavy atom. The zero-order valence-electron chi connectivity index (χ0n) is 9.17. The number of nitrogens with one attached hydrogen (secondary N) is 1. The Kier molecular flexibility index (Phi) is 3.87. The van der Waals surface area contributed by atoms with Gasteiger partial charge in [0.1, 0.15) is 0 Å². The highest BCUT2D eigenvalue weighted by molar-refractivity contribution is 5.88. The van der Waals surface area contributed by atoms with Crippen LogP contribution < -0.4 is 5.32 Å². The molecule has 0 aliphatic rings. The molecule has 0 fully saturated rings. The number of nitrogens with zero attached hydrogens (tertiary/aromatic N) is 3. The van der Waals surface area contributed by atoms with E-state index in [0.717, 1.165) is 0 Å². The van der Waals surface area contributed by atoms with Gasteiger partial charge < -0.3 is 10.0 Å². The summed E-state index contributed by atoms with van der Waals surface area (Å²) in [6.07, 6.45) is 1.62. The van der Waals surface area contributed by atoms with Crippen molar-refractivity contribution >= 4 is 17.8 Å². The number of aliphatic carboxylic acids is 1. The Labute approximate surface area is 92.7 Å². The van der Waals surface area contributed by atoms with E-state index in [-0.39, 0.29) is 19.0 Å². The number of hydrogen-bond acceptors (Lipinski definition) is 3. The number of amides is 2. The van der Waals surface area contributed by atoms with Crippen LogP contribution in [-0.4, -0.2) is 45.4 Å². The number of carboxylic acids is 1. The molecule has 16 heavy (non-hydrogen) atoms. The van der Waals surface area contributed by atoms with Gasteiger partial charge in [0.05, 0.1) is 6.42 Å². The Balaban J connectivity index is 2.42. The maximum absolute atomic E-state index is 11.5. The minimum atomic E-state index is -0.933. The van der Waals surface area contributed by atoms with E-state index in [1.807, 2.05) is 0 Å². The third-order valence-electron chi connectivity index (χ3n) is 1.96. The Bertz CT molecular complexity index is 388. The van der Waals surface area contributed by atoms with Gasteiger partial charge in [0.15, 0.2) is 5.82 Å². The largest absolute Gasteiger partial charge is 0.481 e. The number of urea groups is 1. The molecule has 88 valence electrons. The van der Waals surface area contributed by atoms with Crippen LogP contribution in [0.4, 0.5) is 10.6 Å². The van der Waals surface area contributed by atoms with Gasteiger partial charge in [-0.2, -0.15) is 5.10 Å². The lowest BCUT2D eigenvalue weighted by atomic mass is 10.4. The fourth-order valence-electron chi connectivity index (χ4n) is 1.05. The van der Waals surface area contributed by atoms with Crippen molar-refractivity contribution in [3.8, 4) is 0 Å². The highest BCUT2D eigenvalue weighted by Crippen LogP contribution is 2.02. The van der Waals surface area contributed by atoms with E-state index in [1.54, 1.807) is 24.0 Å². The third kappa shape index (κ3) is 3.60. The highest BCUT2D eigenvalue weighted by atomic mass is 16.4. The first-order valence-electron chi connectivity index (χ1n) is 4.72. The molecule has 2 amide bonds. The van der Waals surface area contributed by atoms with Crippen molar-refractivity contribution in [3.63, 3.8) is 0 Å². The highest BCUT2D eigenvalue weighted by Gasteiger charge is 2.11. The summed E-state index contributed by atoms with van der Waals surface area (Å²) >= 11 is 0. The first kappa shape index (κ1) is 12.0. The van der Waals surface area contributed by atoms with Gasteiger partial charge in [-0.15, -0.1) is 0 Å². The van der Waals surface area contributed by atoms with Gasteiger partial charge >= 0.3 is 12.0 Å². The van der Waals surface area contributed by atoms with Crippen molar-refractivity contribution < 1.29 is 14.7 Å². The van der Waals surface area contributed by atoms with E-state index >= 15 is 0 Å². The van der Waals surface area contributed by atoms with E-state index < -0.39 is 5.97 Å². The molecule has 0 unspecified atom stereocenters. The maximum Gasteiger partial charge on any atom is 0.322 e. The van der Waals surface area contributed by atoms with E-state index in [0.29, 0.717) is 5.82 Å². The lowest BCUT2D eigenvalue weighted by Gasteiger charge is -2.15.